The van der Waals surface area contributed by atoms with Gasteiger partial charge in [0.15, 0.2) is 5.65 Å². The van der Waals surface area contributed by atoms with Crippen molar-refractivity contribution in [3.05, 3.63) is 22.6 Å². The number of nitrogens with one attached hydrogen (secondary N) is 1. The second-order valence-corrected chi connectivity index (χ2v) is 6.30. The van der Waals surface area contributed by atoms with Crippen molar-refractivity contribution in [3.63, 3.8) is 0 Å². The lowest BCUT2D eigenvalue weighted by molar-refractivity contribution is -0.131. The van der Waals surface area contributed by atoms with E-state index in [0.717, 1.165) is 21.5 Å². The molecule has 5 nitrogen and oxygen atoms in total. The highest BCUT2D eigenvalue weighted by molar-refractivity contribution is 9.10. The van der Waals surface area contributed by atoms with Crippen LogP contribution in [0, 0.1) is 5.92 Å². The standard InChI is InChI=1S/C14H19BrN4O/c1-8(2)7-19(10(4)20)9(3)13-17-12-5-11(15)6-16-14(12)18-13/h5-6,8-9H,7H2,1-4H3,(H,16,17,18). The highest BCUT2D eigenvalue weighted by atomic mass is 79.9. The number of rotatable bonds is 4. The van der Waals surface area contributed by atoms with Crippen molar-refractivity contribution < 1.29 is 4.79 Å². The first kappa shape index (κ1) is 15.0. The van der Waals surface area contributed by atoms with Crippen LogP contribution in [0.2, 0.25) is 0 Å². The summed E-state index contributed by atoms with van der Waals surface area (Å²) < 4.78 is 0.890. The van der Waals surface area contributed by atoms with E-state index in [1.54, 1.807) is 13.1 Å². The van der Waals surface area contributed by atoms with E-state index in [2.05, 4.69) is 44.7 Å². The van der Waals surface area contributed by atoms with Crippen molar-refractivity contribution in [3.8, 4) is 0 Å². The molecule has 0 spiro atoms. The van der Waals surface area contributed by atoms with Crippen molar-refractivity contribution in [2.24, 2.45) is 5.92 Å². The Balaban J connectivity index is 2.33. The molecule has 0 radical (unpaired) electrons. The van der Waals surface area contributed by atoms with Gasteiger partial charge in [-0.05, 0) is 34.8 Å². The number of amides is 1. The van der Waals surface area contributed by atoms with Crippen LogP contribution in [0.25, 0.3) is 11.2 Å². The first-order valence-corrected chi connectivity index (χ1v) is 7.46. The number of aromatic amines is 1. The van der Waals surface area contributed by atoms with Crippen molar-refractivity contribution in [2.45, 2.75) is 33.7 Å². The van der Waals surface area contributed by atoms with Gasteiger partial charge in [0, 0.05) is 24.1 Å². The molecule has 6 heteroatoms. The summed E-state index contributed by atoms with van der Waals surface area (Å²) in [7, 11) is 0. The second kappa shape index (κ2) is 5.91. The minimum absolute atomic E-state index is 0.0563. The Morgan fingerprint density at radius 2 is 2.15 bits per heavy atom. The van der Waals surface area contributed by atoms with Gasteiger partial charge >= 0.3 is 0 Å². The molecular weight excluding hydrogens is 320 g/mol. The zero-order valence-electron chi connectivity index (χ0n) is 12.1. The molecule has 1 N–H and O–H groups in total. The fourth-order valence-electron chi connectivity index (χ4n) is 2.19. The first-order valence-electron chi connectivity index (χ1n) is 6.67. The van der Waals surface area contributed by atoms with Gasteiger partial charge in [-0.2, -0.15) is 0 Å². The Morgan fingerprint density at radius 3 is 2.75 bits per heavy atom. The normalized spacial score (nSPS) is 12.9. The lowest BCUT2D eigenvalue weighted by Crippen LogP contribution is -2.35. The number of H-pyrrole nitrogens is 1. The molecule has 0 saturated heterocycles. The lowest BCUT2D eigenvalue weighted by atomic mass is 10.1. The lowest BCUT2D eigenvalue weighted by Gasteiger charge is -2.28. The summed E-state index contributed by atoms with van der Waals surface area (Å²) in [4.78, 5) is 25.7. The molecule has 108 valence electrons. The largest absolute Gasteiger partial charge is 0.333 e. The highest BCUT2D eigenvalue weighted by Gasteiger charge is 2.22. The number of carbonyl (C=O) groups is 1. The summed E-state index contributed by atoms with van der Waals surface area (Å²) in [5.41, 5.74) is 1.54. The van der Waals surface area contributed by atoms with Gasteiger partial charge in [-0.1, -0.05) is 13.8 Å². The van der Waals surface area contributed by atoms with Crippen LogP contribution >= 0.6 is 15.9 Å². The third-order valence-corrected chi connectivity index (χ3v) is 3.58. The fourth-order valence-corrected chi connectivity index (χ4v) is 2.51. The molecule has 0 bridgehead atoms. The molecule has 20 heavy (non-hydrogen) atoms. The van der Waals surface area contributed by atoms with Gasteiger partial charge in [0.25, 0.3) is 0 Å². The summed E-state index contributed by atoms with van der Waals surface area (Å²) in [6.07, 6.45) is 1.73. The molecule has 2 heterocycles. The van der Waals surface area contributed by atoms with E-state index >= 15 is 0 Å². The number of nitrogens with zero attached hydrogens (tertiary/aromatic N) is 3. The van der Waals surface area contributed by atoms with Crippen LogP contribution in [0.4, 0.5) is 0 Å². The number of imidazole rings is 1. The first-order chi connectivity index (χ1) is 9.38. The van der Waals surface area contributed by atoms with Gasteiger partial charge in [0.2, 0.25) is 5.91 Å². The zero-order valence-corrected chi connectivity index (χ0v) is 13.7. The van der Waals surface area contributed by atoms with E-state index in [0.29, 0.717) is 12.5 Å². The number of aromatic nitrogens is 3. The van der Waals surface area contributed by atoms with E-state index in [1.807, 2.05) is 17.9 Å². The molecule has 2 aromatic rings. The molecular formula is C14H19BrN4O. The average Bonchev–Trinajstić information content (AvgIpc) is 2.77. The third-order valence-electron chi connectivity index (χ3n) is 3.15. The summed E-state index contributed by atoms with van der Waals surface area (Å²) in [6, 6.07) is 1.82. The molecule has 1 atom stereocenters. The predicted molar refractivity (Wildman–Crippen MR) is 82.2 cm³/mol. The maximum absolute atomic E-state index is 11.8. The van der Waals surface area contributed by atoms with Crippen LogP contribution in [0.1, 0.15) is 39.6 Å². The van der Waals surface area contributed by atoms with Gasteiger partial charge < -0.3 is 9.88 Å². The minimum Gasteiger partial charge on any atom is -0.333 e. The molecule has 0 aliphatic carbocycles. The van der Waals surface area contributed by atoms with Crippen molar-refractivity contribution in [1.29, 1.82) is 0 Å². The second-order valence-electron chi connectivity index (χ2n) is 5.38. The van der Waals surface area contributed by atoms with Gasteiger partial charge in [-0.25, -0.2) is 9.97 Å². The summed E-state index contributed by atoms with van der Waals surface area (Å²) >= 11 is 3.38. The van der Waals surface area contributed by atoms with E-state index in [1.165, 1.54) is 0 Å². The van der Waals surface area contributed by atoms with Gasteiger partial charge in [-0.15, -0.1) is 0 Å². The van der Waals surface area contributed by atoms with E-state index < -0.39 is 0 Å². The molecule has 0 saturated carbocycles. The minimum atomic E-state index is -0.0946. The molecule has 0 aliphatic heterocycles. The van der Waals surface area contributed by atoms with E-state index in [9.17, 15) is 4.79 Å². The van der Waals surface area contributed by atoms with Crippen LogP contribution in [0.15, 0.2) is 16.7 Å². The van der Waals surface area contributed by atoms with E-state index in [4.69, 9.17) is 0 Å². The Labute approximate surface area is 126 Å². The fraction of sp³-hybridized carbons (Fsp3) is 0.500. The Morgan fingerprint density at radius 1 is 1.45 bits per heavy atom. The van der Waals surface area contributed by atoms with Crippen LogP contribution in [0.5, 0.6) is 0 Å². The number of carbonyl (C=O) groups excluding carboxylic acids is 1. The number of fused-ring (bicyclic) bond motifs is 1. The molecule has 2 aromatic heterocycles. The number of hydrogen-bond donors (Lipinski definition) is 1. The molecule has 1 amide bonds. The molecule has 1 unspecified atom stereocenters. The van der Waals surface area contributed by atoms with Crippen molar-refractivity contribution in [2.75, 3.05) is 6.54 Å². The third kappa shape index (κ3) is 3.17. The van der Waals surface area contributed by atoms with Crippen LogP contribution in [0.3, 0.4) is 0 Å². The Hall–Kier alpha value is -1.43. The van der Waals surface area contributed by atoms with Crippen molar-refractivity contribution >= 4 is 33.0 Å². The van der Waals surface area contributed by atoms with Gasteiger partial charge in [-0.3, -0.25) is 4.79 Å². The maximum atomic E-state index is 11.8. The number of pyridine rings is 1. The van der Waals surface area contributed by atoms with Gasteiger partial charge in [0.05, 0.1) is 6.04 Å². The zero-order chi connectivity index (χ0) is 14.9. The molecule has 0 aliphatic rings. The Bertz CT molecular complexity index is 623. The topological polar surface area (TPSA) is 61.9 Å². The molecule has 2 rings (SSSR count). The van der Waals surface area contributed by atoms with E-state index in [-0.39, 0.29) is 11.9 Å². The molecule has 0 aromatic carbocycles. The monoisotopic (exact) mass is 338 g/mol. The maximum Gasteiger partial charge on any atom is 0.220 e. The summed E-state index contributed by atoms with van der Waals surface area (Å²) in [5.74, 6) is 1.24. The van der Waals surface area contributed by atoms with Gasteiger partial charge in [0.1, 0.15) is 11.3 Å². The number of hydrogen-bond acceptors (Lipinski definition) is 3. The summed E-state index contributed by atoms with van der Waals surface area (Å²) in [6.45, 7) is 8.48. The quantitative estimate of drug-likeness (QED) is 0.930. The molecule has 0 fully saturated rings. The highest BCUT2D eigenvalue weighted by Crippen LogP contribution is 2.22. The number of halogens is 1. The van der Waals surface area contributed by atoms with Crippen molar-refractivity contribution in [1.82, 2.24) is 19.9 Å². The van der Waals surface area contributed by atoms with Crippen LogP contribution in [-0.4, -0.2) is 32.3 Å². The predicted octanol–water partition coefficient (Wildman–Crippen LogP) is 3.29. The van der Waals surface area contributed by atoms with Crippen LogP contribution < -0.4 is 0 Å². The SMILES string of the molecule is CC(=O)N(CC(C)C)C(C)c1nc2cc(Br)cnc2[nH]1. The van der Waals surface area contributed by atoms with Crippen LogP contribution in [-0.2, 0) is 4.79 Å². The Kier molecular flexibility index (Phi) is 4.42. The summed E-state index contributed by atoms with van der Waals surface area (Å²) in [5, 5.41) is 0. The smallest absolute Gasteiger partial charge is 0.220 e. The average molecular weight is 339 g/mol.